The van der Waals surface area contributed by atoms with Gasteiger partial charge in [-0.25, -0.2) is 0 Å². The van der Waals surface area contributed by atoms with E-state index in [9.17, 15) is 0 Å². The molecule has 1 aliphatic rings. The summed E-state index contributed by atoms with van der Waals surface area (Å²) in [6.07, 6.45) is 1.10. The van der Waals surface area contributed by atoms with E-state index in [0.29, 0.717) is 0 Å². The molecule has 0 radical (unpaired) electrons. The van der Waals surface area contributed by atoms with Gasteiger partial charge in [-0.1, -0.05) is 28.1 Å². The molecule has 0 aliphatic carbocycles. The molecule has 2 aromatic rings. The zero-order valence-corrected chi connectivity index (χ0v) is 11.7. The van der Waals surface area contributed by atoms with Gasteiger partial charge in [-0.3, -0.25) is 0 Å². The Morgan fingerprint density at radius 2 is 1.88 bits per heavy atom. The highest BCUT2D eigenvalue weighted by Gasteiger charge is 2.12. The molecule has 17 heavy (non-hydrogen) atoms. The van der Waals surface area contributed by atoms with Crippen LogP contribution in [0.4, 0.5) is 0 Å². The van der Waals surface area contributed by atoms with Crippen molar-refractivity contribution in [1.29, 1.82) is 0 Å². The topological polar surface area (TPSA) is 27.8 Å². The minimum atomic E-state index is 0. The molecule has 0 amide bonds. The minimum Gasteiger partial charge on any atom is -0.358 e. The number of rotatable bonds is 1. The van der Waals surface area contributed by atoms with Gasteiger partial charge in [0.15, 0.2) is 0 Å². The Balaban J connectivity index is 0.00000108. The number of hydrogen-bond donors (Lipinski definition) is 2. The fraction of sp³-hybridized carbons (Fsp3) is 0.231. The molecular weight excluding hydrogens is 300 g/mol. The van der Waals surface area contributed by atoms with E-state index >= 15 is 0 Å². The van der Waals surface area contributed by atoms with Crippen molar-refractivity contribution in [3.05, 3.63) is 46.1 Å². The van der Waals surface area contributed by atoms with E-state index < -0.39 is 0 Å². The second kappa shape index (κ2) is 5.25. The summed E-state index contributed by atoms with van der Waals surface area (Å²) in [7, 11) is 0. The molecule has 2 N–H and O–H groups in total. The van der Waals surface area contributed by atoms with Crippen LogP contribution >= 0.6 is 28.3 Å². The highest BCUT2D eigenvalue weighted by atomic mass is 79.9. The third-order valence-corrected chi connectivity index (χ3v) is 3.54. The van der Waals surface area contributed by atoms with Crippen LogP contribution in [-0.2, 0) is 13.0 Å². The monoisotopic (exact) mass is 312 g/mol. The lowest BCUT2D eigenvalue weighted by molar-refractivity contribution is 0.638. The van der Waals surface area contributed by atoms with Gasteiger partial charge in [0.05, 0.1) is 0 Å². The standard InChI is InChI=1S/C13H13BrN2.ClH/c14-11-3-1-9(2-4-11)13-7-10-8-15-6-5-12(10)16-13;/h1-4,7,15-16H,5-6,8H2;1H. The van der Waals surface area contributed by atoms with Crippen molar-refractivity contribution in [1.82, 2.24) is 10.3 Å². The number of H-pyrrole nitrogens is 1. The number of halogens is 2. The molecule has 1 aliphatic heterocycles. The van der Waals surface area contributed by atoms with Crippen LogP contribution in [0.2, 0.25) is 0 Å². The fourth-order valence-electron chi connectivity index (χ4n) is 2.14. The Hall–Kier alpha value is -0.770. The van der Waals surface area contributed by atoms with Gasteiger partial charge < -0.3 is 10.3 Å². The molecule has 0 saturated carbocycles. The van der Waals surface area contributed by atoms with Crippen molar-refractivity contribution in [2.24, 2.45) is 0 Å². The lowest BCUT2D eigenvalue weighted by Gasteiger charge is -2.11. The van der Waals surface area contributed by atoms with Crippen LogP contribution in [0.3, 0.4) is 0 Å². The van der Waals surface area contributed by atoms with Crippen LogP contribution in [0.1, 0.15) is 11.3 Å². The van der Waals surface area contributed by atoms with E-state index in [2.05, 4.69) is 56.6 Å². The molecule has 0 atom stereocenters. The summed E-state index contributed by atoms with van der Waals surface area (Å²) >= 11 is 3.45. The van der Waals surface area contributed by atoms with E-state index in [-0.39, 0.29) is 12.4 Å². The van der Waals surface area contributed by atoms with Gasteiger partial charge in [-0.05, 0) is 29.3 Å². The molecule has 90 valence electrons. The number of hydrogen-bond acceptors (Lipinski definition) is 1. The Labute approximate surface area is 115 Å². The summed E-state index contributed by atoms with van der Waals surface area (Å²) in [6.45, 7) is 2.07. The van der Waals surface area contributed by atoms with Crippen LogP contribution in [0.25, 0.3) is 11.3 Å². The average Bonchev–Trinajstić information content (AvgIpc) is 2.73. The van der Waals surface area contributed by atoms with E-state index in [4.69, 9.17) is 0 Å². The molecule has 0 bridgehead atoms. The summed E-state index contributed by atoms with van der Waals surface area (Å²) in [5.74, 6) is 0. The lowest BCUT2D eigenvalue weighted by atomic mass is 10.1. The van der Waals surface area contributed by atoms with Crippen molar-refractivity contribution in [2.45, 2.75) is 13.0 Å². The molecule has 0 spiro atoms. The lowest BCUT2D eigenvalue weighted by Crippen LogP contribution is -2.22. The normalized spacial score (nSPS) is 13.9. The Kier molecular flexibility index (Phi) is 3.92. The van der Waals surface area contributed by atoms with Crippen LogP contribution in [0.5, 0.6) is 0 Å². The highest BCUT2D eigenvalue weighted by Crippen LogP contribution is 2.25. The Bertz CT molecular complexity index is 481. The maximum absolute atomic E-state index is 3.51. The van der Waals surface area contributed by atoms with Crippen LogP contribution < -0.4 is 5.32 Å². The Morgan fingerprint density at radius 1 is 1.12 bits per heavy atom. The number of fused-ring (bicyclic) bond motifs is 1. The summed E-state index contributed by atoms with van der Waals surface area (Å²) < 4.78 is 1.12. The van der Waals surface area contributed by atoms with E-state index in [1.165, 1.54) is 22.5 Å². The van der Waals surface area contributed by atoms with Crippen LogP contribution in [0.15, 0.2) is 34.8 Å². The Morgan fingerprint density at radius 3 is 2.59 bits per heavy atom. The third kappa shape index (κ3) is 2.57. The molecule has 2 heterocycles. The summed E-state index contributed by atoms with van der Waals surface area (Å²) in [4.78, 5) is 3.51. The zero-order chi connectivity index (χ0) is 11.0. The van der Waals surface area contributed by atoms with Crippen molar-refractivity contribution in [2.75, 3.05) is 6.54 Å². The fourth-order valence-corrected chi connectivity index (χ4v) is 2.41. The van der Waals surface area contributed by atoms with Gasteiger partial charge in [0.2, 0.25) is 0 Å². The molecule has 0 saturated heterocycles. The SMILES string of the molecule is Brc1ccc(-c2cc3c([nH]2)CCNC3)cc1.Cl. The smallest absolute Gasteiger partial charge is 0.0459 e. The van der Waals surface area contributed by atoms with Gasteiger partial charge in [0.25, 0.3) is 0 Å². The van der Waals surface area contributed by atoms with Gasteiger partial charge in [0.1, 0.15) is 0 Å². The predicted octanol–water partition coefficient (Wildman–Crippen LogP) is 3.51. The van der Waals surface area contributed by atoms with Crippen molar-refractivity contribution >= 4 is 28.3 Å². The molecule has 1 aromatic carbocycles. The first kappa shape index (κ1) is 12.7. The summed E-state index contributed by atoms with van der Waals surface area (Å²) in [5, 5.41) is 3.39. The molecular formula is C13H14BrClN2. The first-order valence-corrected chi connectivity index (χ1v) is 6.29. The average molecular weight is 314 g/mol. The van der Waals surface area contributed by atoms with E-state index in [0.717, 1.165) is 24.0 Å². The molecule has 1 aromatic heterocycles. The van der Waals surface area contributed by atoms with Gasteiger partial charge in [0, 0.05) is 35.4 Å². The number of benzene rings is 1. The second-order valence-corrected chi connectivity index (χ2v) is 5.04. The minimum absolute atomic E-state index is 0. The number of aromatic nitrogens is 1. The van der Waals surface area contributed by atoms with Crippen molar-refractivity contribution < 1.29 is 0 Å². The highest BCUT2D eigenvalue weighted by molar-refractivity contribution is 9.10. The van der Waals surface area contributed by atoms with Crippen molar-refractivity contribution in [3.8, 4) is 11.3 Å². The first-order valence-electron chi connectivity index (χ1n) is 5.50. The zero-order valence-electron chi connectivity index (χ0n) is 9.29. The molecule has 4 heteroatoms. The molecule has 2 nitrogen and oxygen atoms in total. The second-order valence-electron chi connectivity index (χ2n) is 4.12. The van der Waals surface area contributed by atoms with E-state index in [1.807, 2.05) is 0 Å². The summed E-state index contributed by atoms with van der Waals surface area (Å²) in [5.41, 5.74) is 5.26. The van der Waals surface area contributed by atoms with Gasteiger partial charge >= 0.3 is 0 Å². The quantitative estimate of drug-likeness (QED) is 0.828. The van der Waals surface area contributed by atoms with E-state index in [1.54, 1.807) is 0 Å². The van der Waals surface area contributed by atoms with Gasteiger partial charge in [-0.15, -0.1) is 12.4 Å². The molecule has 3 rings (SSSR count). The maximum Gasteiger partial charge on any atom is 0.0459 e. The van der Waals surface area contributed by atoms with Crippen molar-refractivity contribution in [3.63, 3.8) is 0 Å². The van der Waals surface area contributed by atoms with Crippen LogP contribution in [0, 0.1) is 0 Å². The number of nitrogens with one attached hydrogen (secondary N) is 2. The maximum atomic E-state index is 3.51. The van der Waals surface area contributed by atoms with Crippen LogP contribution in [-0.4, -0.2) is 11.5 Å². The molecule has 0 fully saturated rings. The third-order valence-electron chi connectivity index (χ3n) is 3.01. The predicted molar refractivity (Wildman–Crippen MR) is 76.6 cm³/mol. The largest absolute Gasteiger partial charge is 0.358 e. The number of aromatic amines is 1. The summed E-state index contributed by atoms with van der Waals surface area (Å²) in [6, 6.07) is 10.7. The van der Waals surface area contributed by atoms with Gasteiger partial charge in [-0.2, -0.15) is 0 Å². The first-order chi connectivity index (χ1) is 7.83. The molecule has 0 unspecified atom stereocenters.